The maximum absolute atomic E-state index is 12.5. The predicted octanol–water partition coefficient (Wildman–Crippen LogP) is 2.54. The van der Waals surface area contributed by atoms with Crippen molar-refractivity contribution in [1.82, 2.24) is 19.8 Å². The second-order valence-corrected chi connectivity index (χ2v) is 7.40. The van der Waals surface area contributed by atoms with E-state index >= 15 is 0 Å². The van der Waals surface area contributed by atoms with Gasteiger partial charge in [0, 0.05) is 11.1 Å². The molecule has 0 spiro atoms. The maximum atomic E-state index is 12.5. The molecule has 1 fully saturated rings. The molecule has 4 aromatic rings. The van der Waals surface area contributed by atoms with E-state index in [2.05, 4.69) is 21.4 Å². The smallest absolute Gasteiger partial charge is 0.270 e. The average molecular weight is 400 g/mol. The number of nitrogens with zero attached hydrogens (tertiary/aromatic N) is 5. The van der Waals surface area contributed by atoms with Crippen molar-refractivity contribution in [2.45, 2.75) is 0 Å². The van der Waals surface area contributed by atoms with Crippen LogP contribution in [-0.4, -0.2) is 31.5 Å². The molecular weight excluding hydrogens is 388 g/mol. The molecule has 1 aliphatic rings. The lowest BCUT2D eigenvalue weighted by Gasteiger charge is -2.18. The molecular formula is C20H12N6O2S. The zero-order chi connectivity index (χ0) is 20.0. The number of H-pyrrole nitrogens is 1. The molecule has 0 unspecified atom stereocenters. The number of carbonyl (C=O) groups excluding carboxylic acids is 1. The minimum atomic E-state index is -0.313. The Morgan fingerprint density at radius 1 is 1.03 bits per heavy atom. The average Bonchev–Trinajstić information content (AvgIpc) is 3.34. The number of nitriles is 1. The zero-order valence-electron chi connectivity index (χ0n) is 14.9. The molecule has 0 atom stereocenters. The summed E-state index contributed by atoms with van der Waals surface area (Å²) in [6, 6.07) is 18.5. The van der Waals surface area contributed by atoms with E-state index in [0.29, 0.717) is 21.4 Å². The molecule has 29 heavy (non-hydrogen) atoms. The molecule has 3 heterocycles. The van der Waals surface area contributed by atoms with E-state index in [9.17, 15) is 14.9 Å². The number of nitrogens with one attached hydrogen (secondary N) is 1. The lowest BCUT2D eigenvalue weighted by molar-refractivity contribution is -0.109. The lowest BCUT2D eigenvalue weighted by Crippen LogP contribution is -2.20. The normalized spacial score (nSPS) is 15.8. The van der Waals surface area contributed by atoms with Gasteiger partial charge in [-0.25, -0.2) is 4.52 Å². The molecule has 1 N–H and O–H groups in total. The van der Waals surface area contributed by atoms with Crippen LogP contribution in [-0.2, 0) is 4.79 Å². The number of rotatable bonds is 2. The van der Waals surface area contributed by atoms with Gasteiger partial charge in [0.15, 0.2) is 11.5 Å². The summed E-state index contributed by atoms with van der Waals surface area (Å²) in [7, 11) is 0. The van der Waals surface area contributed by atoms with E-state index in [4.69, 9.17) is 0 Å². The second-order valence-electron chi connectivity index (χ2n) is 6.36. The molecule has 2 aromatic carbocycles. The van der Waals surface area contributed by atoms with Crippen LogP contribution in [0.1, 0.15) is 5.82 Å². The molecule has 0 bridgehead atoms. The van der Waals surface area contributed by atoms with Crippen LogP contribution in [0.25, 0.3) is 22.0 Å². The Morgan fingerprint density at radius 3 is 2.52 bits per heavy atom. The van der Waals surface area contributed by atoms with E-state index in [1.165, 1.54) is 4.52 Å². The number of carbonyl (C=O) groups is 1. The summed E-state index contributed by atoms with van der Waals surface area (Å²) < 4.78 is 1.41. The molecule has 8 nitrogen and oxygen atoms in total. The largest absolute Gasteiger partial charge is 0.326 e. The molecule has 1 saturated heterocycles. The van der Waals surface area contributed by atoms with E-state index in [0.717, 1.165) is 17.4 Å². The van der Waals surface area contributed by atoms with Crippen molar-refractivity contribution in [3.63, 3.8) is 0 Å². The molecule has 0 saturated carbocycles. The second kappa shape index (κ2) is 6.61. The van der Waals surface area contributed by atoms with Gasteiger partial charge in [0.25, 0.3) is 5.56 Å². The highest BCUT2D eigenvalue weighted by Crippen LogP contribution is 2.38. The van der Waals surface area contributed by atoms with Gasteiger partial charge in [0.1, 0.15) is 16.7 Å². The first-order chi connectivity index (χ1) is 14.2. The first-order valence-electron chi connectivity index (χ1n) is 8.71. The van der Waals surface area contributed by atoms with Crippen LogP contribution in [0.5, 0.6) is 0 Å². The number of para-hydroxylation sites is 1. The topological polar surface area (TPSA) is 107 Å². The Hall–Kier alpha value is -3.90. The van der Waals surface area contributed by atoms with Gasteiger partial charge in [-0.05, 0) is 30.0 Å². The molecule has 5 rings (SSSR count). The number of thioether (sulfide) groups is 1. The third-order valence-electron chi connectivity index (χ3n) is 4.65. The lowest BCUT2D eigenvalue weighted by atomic mass is 10.2. The third-order valence-corrected chi connectivity index (χ3v) is 5.62. The maximum Gasteiger partial charge on any atom is 0.270 e. The molecule has 1 aliphatic heterocycles. The van der Waals surface area contributed by atoms with Crippen LogP contribution in [0.4, 0.5) is 5.69 Å². The first-order valence-corrected chi connectivity index (χ1v) is 9.53. The zero-order valence-corrected chi connectivity index (χ0v) is 15.7. The number of fused-ring (bicyclic) bond motifs is 3. The Morgan fingerprint density at radius 2 is 1.76 bits per heavy atom. The summed E-state index contributed by atoms with van der Waals surface area (Å²) in [4.78, 5) is 26.5. The summed E-state index contributed by atoms with van der Waals surface area (Å²) >= 11 is 0.987. The highest BCUT2D eigenvalue weighted by molar-refractivity contribution is 8.17. The van der Waals surface area contributed by atoms with Crippen molar-refractivity contribution in [3.8, 4) is 6.07 Å². The summed E-state index contributed by atoms with van der Waals surface area (Å²) in [5.41, 5.74) is 1.08. The Bertz CT molecular complexity index is 1410. The van der Waals surface area contributed by atoms with E-state index in [1.54, 1.807) is 23.1 Å². The molecule has 0 radical (unpaired) electrons. The monoisotopic (exact) mass is 400 g/mol. The standard InChI is InChI=1S/C20H12N6O2S/c21-10-15(20-25(11-16(27)29-20)12-6-2-1-3-7-12)18-23-22-17-13-8-4-5-9-14(13)19(28)24-26(17)18/h1-9H,11H2,(H,24,28)/b20-15+. The summed E-state index contributed by atoms with van der Waals surface area (Å²) in [6.45, 7) is 0.144. The van der Waals surface area contributed by atoms with Crippen LogP contribution in [0.2, 0.25) is 0 Å². The highest BCUT2D eigenvalue weighted by atomic mass is 32.2. The highest BCUT2D eigenvalue weighted by Gasteiger charge is 2.32. The van der Waals surface area contributed by atoms with Gasteiger partial charge in [-0.1, -0.05) is 36.4 Å². The van der Waals surface area contributed by atoms with E-state index in [1.807, 2.05) is 36.4 Å². The van der Waals surface area contributed by atoms with Gasteiger partial charge in [-0.3, -0.25) is 14.7 Å². The Labute approximate surface area is 168 Å². The minimum absolute atomic E-state index is 0.0793. The minimum Gasteiger partial charge on any atom is -0.326 e. The van der Waals surface area contributed by atoms with Crippen LogP contribution in [0.3, 0.4) is 0 Å². The fraction of sp³-hybridized carbons (Fsp3) is 0.0500. The quantitative estimate of drug-likeness (QED) is 0.515. The molecule has 0 aliphatic carbocycles. The number of benzene rings is 2. The molecule has 140 valence electrons. The van der Waals surface area contributed by atoms with Gasteiger partial charge in [-0.15, -0.1) is 10.2 Å². The van der Waals surface area contributed by atoms with Gasteiger partial charge >= 0.3 is 0 Å². The molecule has 2 aromatic heterocycles. The van der Waals surface area contributed by atoms with Gasteiger partial charge in [0.2, 0.25) is 5.12 Å². The van der Waals surface area contributed by atoms with Crippen molar-refractivity contribution in [2.75, 3.05) is 11.4 Å². The number of allylic oxidation sites excluding steroid dienone is 1. The summed E-state index contributed by atoms with van der Waals surface area (Å²) in [5, 5.41) is 22.5. The van der Waals surface area contributed by atoms with E-state index < -0.39 is 0 Å². The number of hydrogen-bond donors (Lipinski definition) is 1. The van der Waals surface area contributed by atoms with Crippen molar-refractivity contribution in [1.29, 1.82) is 5.26 Å². The number of aromatic nitrogens is 4. The van der Waals surface area contributed by atoms with Crippen LogP contribution < -0.4 is 10.5 Å². The van der Waals surface area contributed by atoms with Crippen molar-refractivity contribution < 1.29 is 4.79 Å². The fourth-order valence-electron chi connectivity index (χ4n) is 3.36. The van der Waals surface area contributed by atoms with Crippen molar-refractivity contribution in [2.24, 2.45) is 0 Å². The van der Waals surface area contributed by atoms with Crippen molar-refractivity contribution >= 4 is 44.6 Å². The van der Waals surface area contributed by atoms with Crippen LogP contribution >= 0.6 is 11.8 Å². The summed E-state index contributed by atoms with van der Waals surface area (Å²) in [6.07, 6.45) is 0. The molecule has 9 heteroatoms. The van der Waals surface area contributed by atoms with E-state index in [-0.39, 0.29) is 28.6 Å². The van der Waals surface area contributed by atoms with Gasteiger partial charge in [0.05, 0.1) is 11.9 Å². The van der Waals surface area contributed by atoms with Crippen molar-refractivity contribution in [3.05, 3.63) is 75.8 Å². The Kier molecular flexibility index (Phi) is 3.93. The Balaban J connectivity index is 1.77. The van der Waals surface area contributed by atoms with Crippen LogP contribution in [0, 0.1) is 11.3 Å². The van der Waals surface area contributed by atoms with Gasteiger partial charge in [-0.2, -0.15) is 5.26 Å². The fourth-order valence-corrected chi connectivity index (χ4v) is 4.28. The number of hydrogen-bond acceptors (Lipinski definition) is 7. The van der Waals surface area contributed by atoms with Crippen LogP contribution in [0.15, 0.2) is 64.4 Å². The number of aromatic amines is 1. The number of anilines is 1. The summed E-state index contributed by atoms with van der Waals surface area (Å²) in [5.74, 6) is 0.184. The SMILES string of the molecule is N#C/C(=C1\SC(=O)CN1c1ccccc1)c1nnc2c3ccccc3c(=O)[nH]n12. The molecule has 0 amide bonds. The third kappa shape index (κ3) is 2.69. The predicted molar refractivity (Wildman–Crippen MR) is 110 cm³/mol. The van der Waals surface area contributed by atoms with Gasteiger partial charge < -0.3 is 4.90 Å². The first kappa shape index (κ1) is 17.2.